The Morgan fingerprint density at radius 1 is 1.31 bits per heavy atom. The van der Waals surface area contributed by atoms with Crippen molar-refractivity contribution in [3.8, 4) is 0 Å². The average molecular weight is 222 g/mol. The lowest BCUT2D eigenvalue weighted by Gasteiger charge is -2.31. The van der Waals surface area contributed by atoms with Gasteiger partial charge in [-0.1, -0.05) is 12.8 Å². The Bertz CT molecular complexity index is 315. The first-order valence-corrected chi connectivity index (χ1v) is 6.36. The first-order valence-electron chi connectivity index (χ1n) is 6.36. The Balaban J connectivity index is 1.64. The van der Waals surface area contributed by atoms with E-state index in [4.69, 9.17) is 0 Å². The number of carbonyl (C=O) groups is 2. The first-order chi connectivity index (χ1) is 7.75. The van der Waals surface area contributed by atoms with Gasteiger partial charge in [-0.25, -0.2) is 0 Å². The van der Waals surface area contributed by atoms with E-state index in [9.17, 15) is 9.59 Å². The molecule has 4 heteroatoms. The summed E-state index contributed by atoms with van der Waals surface area (Å²) < 4.78 is 0. The van der Waals surface area contributed by atoms with Gasteiger partial charge < -0.3 is 5.32 Å². The van der Waals surface area contributed by atoms with E-state index in [1.54, 1.807) is 0 Å². The first kappa shape index (κ1) is 10.3. The van der Waals surface area contributed by atoms with E-state index in [1.807, 2.05) is 0 Å². The van der Waals surface area contributed by atoms with Crippen LogP contribution in [-0.2, 0) is 9.59 Å². The molecular weight excluding hydrogens is 204 g/mol. The molecule has 1 aliphatic carbocycles. The van der Waals surface area contributed by atoms with E-state index in [2.05, 4.69) is 5.32 Å². The molecular formula is C12H18N2O2. The van der Waals surface area contributed by atoms with Crippen molar-refractivity contribution >= 4 is 11.8 Å². The second-order valence-corrected chi connectivity index (χ2v) is 5.24. The second kappa shape index (κ2) is 3.84. The van der Waals surface area contributed by atoms with Crippen LogP contribution in [0.2, 0.25) is 0 Å². The van der Waals surface area contributed by atoms with Crippen molar-refractivity contribution in [2.24, 2.45) is 5.92 Å². The number of hydrogen-bond acceptors (Lipinski definition) is 3. The molecule has 2 saturated heterocycles. The highest BCUT2D eigenvalue weighted by Crippen LogP contribution is 2.34. The third kappa shape index (κ3) is 1.56. The highest BCUT2D eigenvalue weighted by molar-refractivity contribution is 6.01. The third-order valence-electron chi connectivity index (χ3n) is 4.28. The molecule has 3 atom stereocenters. The summed E-state index contributed by atoms with van der Waals surface area (Å²) in [5.41, 5.74) is 0. The molecule has 0 spiro atoms. The number of β-lactam (4-membered cyclic amide) rings is 1. The van der Waals surface area contributed by atoms with Gasteiger partial charge in [0, 0.05) is 19.0 Å². The van der Waals surface area contributed by atoms with Gasteiger partial charge in [0.15, 0.2) is 0 Å². The standard InChI is InChI=1S/C12H18N2O2/c15-11-5-6-14(11)12(16)10-7-8-3-1-2-4-9(8)13-10/h8-10,13H,1-7H2. The average Bonchev–Trinajstić information content (AvgIpc) is 2.70. The van der Waals surface area contributed by atoms with E-state index in [-0.39, 0.29) is 17.9 Å². The van der Waals surface area contributed by atoms with Crippen molar-refractivity contribution in [3.05, 3.63) is 0 Å². The van der Waals surface area contributed by atoms with Gasteiger partial charge in [0.25, 0.3) is 0 Å². The van der Waals surface area contributed by atoms with Crippen molar-refractivity contribution in [2.45, 2.75) is 50.6 Å². The topological polar surface area (TPSA) is 49.4 Å². The maximum atomic E-state index is 12.0. The molecule has 2 aliphatic heterocycles. The molecule has 88 valence electrons. The number of amides is 2. The van der Waals surface area contributed by atoms with Crippen molar-refractivity contribution in [1.29, 1.82) is 0 Å². The lowest BCUT2D eigenvalue weighted by molar-refractivity contribution is -0.153. The van der Waals surface area contributed by atoms with Gasteiger partial charge in [0.2, 0.25) is 11.8 Å². The van der Waals surface area contributed by atoms with E-state index >= 15 is 0 Å². The summed E-state index contributed by atoms with van der Waals surface area (Å²) >= 11 is 0. The van der Waals surface area contributed by atoms with Crippen LogP contribution < -0.4 is 5.32 Å². The molecule has 3 unspecified atom stereocenters. The SMILES string of the molecule is O=C1CCN1C(=O)C1CC2CCCCC2N1. The van der Waals surface area contributed by atoms with Crippen LogP contribution in [0.3, 0.4) is 0 Å². The fraction of sp³-hybridized carbons (Fsp3) is 0.833. The number of imide groups is 1. The lowest BCUT2D eigenvalue weighted by atomic mass is 9.85. The van der Waals surface area contributed by atoms with Gasteiger partial charge in [-0.15, -0.1) is 0 Å². The minimum absolute atomic E-state index is 0.00155. The van der Waals surface area contributed by atoms with Crippen LogP contribution in [0.25, 0.3) is 0 Å². The molecule has 2 amide bonds. The Hall–Kier alpha value is -0.900. The predicted molar refractivity (Wildman–Crippen MR) is 58.6 cm³/mol. The van der Waals surface area contributed by atoms with Gasteiger partial charge in [0.1, 0.15) is 0 Å². The molecule has 0 radical (unpaired) electrons. The molecule has 3 rings (SSSR count). The summed E-state index contributed by atoms with van der Waals surface area (Å²) in [5, 5.41) is 3.42. The number of carbonyl (C=O) groups excluding carboxylic acids is 2. The predicted octanol–water partition coefficient (Wildman–Crippen LogP) is 0.666. The monoisotopic (exact) mass is 222 g/mol. The molecule has 3 fully saturated rings. The number of fused-ring (bicyclic) bond motifs is 1. The van der Waals surface area contributed by atoms with Crippen LogP contribution in [0.1, 0.15) is 38.5 Å². The summed E-state index contributed by atoms with van der Waals surface area (Å²) in [6.45, 7) is 0.630. The summed E-state index contributed by atoms with van der Waals surface area (Å²) in [6.07, 6.45) is 6.50. The summed E-state index contributed by atoms with van der Waals surface area (Å²) in [7, 11) is 0. The fourth-order valence-corrected chi connectivity index (χ4v) is 3.25. The molecule has 4 nitrogen and oxygen atoms in total. The van der Waals surface area contributed by atoms with Crippen LogP contribution in [-0.4, -0.2) is 35.3 Å². The Labute approximate surface area is 95.4 Å². The van der Waals surface area contributed by atoms with Crippen molar-refractivity contribution in [1.82, 2.24) is 10.2 Å². The Morgan fingerprint density at radius 2 is 2.12 bits per heavy atom. The van der Waals surface area contributed by atoms with Crippen LogP contribution in [0.5, 0.6) is 0 Å². The van der Waals surface area contributed by atoms with Crippen LogP contribution in [0.4, 0.5) is 0 Å². The summed E-state index contributed by atoms with van der Waals surface area (Å²) in [5.74, 6) is 0.686. The molecule has 3 aliphatic rings. The molecule has 1 N–H and O–H groups in total. The van der Waals surface area contributed by atoms with E-state index in [0.29, 0.717) is 24.9 Å². The Morgan fingerprint density at radius 3 is 2.75 bits per heavy atom. The zero-order chi connectivity index (χ0) is 11.1. The van der Waals surface area contributed by atoms with Crippen molar-refractivity contribution in [2.75, 3.05) is 6.54 Å². The number of hydrogen-bond donors (Lipinski definition) is 1. The smallest absolute Gasteiger partial charge is 0.246 e. The number of nitrogens with one attached hydrogen (secondary N) is 1. The largest absolute Gasteiger partial charge is 0.303 e. The summed E-state index contributed by atoms with van der Waals surface area (Å²) in [6, 6.07) is 0.441. The maximum absolute atomic E-state index is 12.0. The number of nitrogens with zero attached hydrogens (tertiary/aromatic N) is 1. The quantitative estimate of drug-likeness (QED) is 0.524. The zero-order valence-electron chi connectivity index (χ0n) is 9.45. The fourth-order valence-electron chi connectivity index (χ4n) is 3.25. The molecule has 0 aromatic carbocycles. The number of rotatable bonds is 1. The normalized spacial score (nSPS) is 38.1. The van der Waals surface area contributed by atoms with Gasteiger partial charge in [-0.2, -0.15) is 0 Å². The van der Waals surface area contributed by atoms with Gasteiger partial charge in [-0.3, -0.25) is 14.5 Å². The van der Waals surface area contributed by atoms with Crippen molar-refractivity contribution < 1.29 is 9.59 Å². The third-order valence-corrected chi connectivity index (χ3v) is 4.28. The van der Waals surface area contributed by atoms with Crippen molar-refractivity contribution in [3.63, 3.8) is 0 Å². The minimum atomic E-state index is -0.0858. The highest BCUT2D eigenvalue weighted by atomic mass is 16.2. The molecule has 1 saturated carbocycles. The molecule has 0 bridgehead atoms. The Kier molecular flexibility index (Phi) is 2.46. The highest BCUT2D eigenvalue weighted by Gasteiger charge is 2.42. The molecule has 16 heavy (non-hydrogen) atoms. The maximum Gasteiger partial charge on any atom is 0.246 e. The van der Waals surface area contributed by atoms with E-state index in [0.717, 1.165) is 6.42 Å². The summed E-state index contributed by atoms with van der Waals surface area (Å²) in [4.78, 5) is 24.7. The number of likely N-dealkylation sites (tertiary alicyclic amines) is 1. The van der Waals surface area contributed by atoms with Gasteiger partial charge in [-0.05, 0) is 25.2 Å². The van der Waals surface area contributed by atoms with Gasteiger partial charge in [0.05, 0.1) is 6.04 Å². The molecule has 2 heterocycles. The van der Waals surface area contributed by atoms with Gasteiger partial charge >= 0.3 is 0 Å². The van der Waals surface area contributed by atoms with Crippen LogP contribution >= 0.6 is 0 Å². The van der Waals surface area contributed by atoms with Crippen LogP contribution in [0.15, 0.2) is 0 Å². The minimum Gasteiger partial charge on any atom is -0.303 e. The zero-order valence-corrected chi connectivity index (χ0v) is 9.45. The van der Waals surface area contributed by atoms with Crippen LogP contribution in [0, 0.1) is 5.92 Å². The second-order valence-electron chi connectivity index (χ2n) is 5.24. The van der Waals surface area contributed by atoms with E-state index < -0.39 is 0 Å². The lowest BCUT2D eigenvalue weighted by Crippen LogP contribution is -2.54. The molecule has 0 aromatic heterocycles. The molecule has 0 aromatic rings. The van der Waals surface area contributed by atoms with E-state index in [1.165, 1.54) is 30.6 Å².